The third kappa shape index (κ3) is 4.30. The van der Waals surface area contributed by atoms with Crippen molar-refractivity contribution in [1.29, 1.82) is 0 Å². The van der Waals surface area contributed by atoms with Crippen molar-refractivity contribution in [1.82, 2.24) is 4.98 Å². The Labute approximate surface area is 150 Å². The van der Waals surface area contributed by atoms with Crippen LogP contribution in [0.25, 0.3) is 0 Å². The number of hydrogen-bond donors (Lipinski definition) is 1. The number of nitrogens with one attached hydrogen (secondary N) is 1. The van der Waals surface area contributed by atoms with Crippen LogP contribution in [0.2, 0.25) is 10.0 Å². The average molecular weight is 366 g/mol. The molecule has 0 saturated carbocycles. The van der Waals surface area contributed by atoms with E-state index < -0.39 is 0 Å². The Morgan fingerprint density at radius 2 is 2.00 bits per heavy atom. The Bertz CT molecular complexity index is 716. The summed E-state index contributed by atoms with van der Waals surface area (Å²) in [6.45, 7) is 1.96. The molecule has 7 heteroatoms. The lowest BCUT2D eigenvalue weighted by Gasteiger charge is -2.17. The van der Waals surface area contributed by atoms with Gasteiger partial charge in [-0.15, -0.1) is 0 Å². The number of amides is 1. The predicted octanol–water partition coefficient (Wildman–Crippen LogP) is 4.01. The highest BCUT2D eigenvalue weighted by Crippen LogP contribution is 2.27. The zero-order valence-electron chi connectivity index (χ0n) is 13.0. The van der Waals surface area contributed by atoms with Crippen molar-refractivity contribution < 1.29 is 9.53 Å². The molecule has 1 amide bonds. The molecule has 1 saturated heterocycles. The fourth-order valence-electron chi connectivity index (χ4n) is 2.54. The van der Waals surface area contributed by atoms with E-state index in [9.17, 15) is 4.79 Å². The average Bonchev–Trinajstić information content (AvgIpc) is 3.09. The van der Waals surface area contributed by atoms with E-state index in [0.717, 1.165) is 18.8 Å². The summed E-state index contributed by atoms with van der Waals surface area (Å²) in [6.07, 6.45) is 4.20. The highest BCUT2D eigenvalue weighted by Gasteiger charge is 2.13. The summed E-state index contributed by atoms with van der Waals surface area (Å²) >= 11 is 11.8. The summed E-state index contributed by atoms with van der Waals surface area (Å²) < 4.78 is 5.39. The number of rotatable bonds is 5. The van der Waals surface area contributed by atoms with Crippen molar-refractivity contribution in [3.8, 4) is 5.75 Å². The van der Waals surface area contributed by atoms with Gasteiger partial charge in [-0.2, -0.15) is 0 Å². The third-order valence-corrected chi connectivity index (χ3v) is 4.27. The number of halogens is 2. The van der Waals surface area contributed by atoms with Crippen molar-refractivity contribution in [3.05, 3.63) is 46.6 Å². The summed E-state index contributed by atoms with van der Waals surface area (Å²) in [5.41, 5.74) is 1.08. The normalized spacial score (nSPS) is 13.8. The molecule has 1 N–H and O–H groups in total. The first-order valence-corrected chi connectivity index (χ1v) is 8.46. The Hall–Kier alpha value is -1.98. The van der Waals surface area contributed by atoms with E-state index in [1.807, 2.05) is 6.07 Å². The molecule has 0 radical (unpaired) electrons. The van der Waals surface area contributed by atoms with Crippen molar-refractivity contribution in [3.63, 3.8) is 0 Å². The minimum absolute atomic E-state index is 0.156. The molecule has 0 aliphatic carbocycles. The SMILES string of the molecule is O=C(COc1ccc(Cl)cc1Cl)Nc1ccc(N2CCCC2)cn1. The highest BCUT2D eigenvalue weighted by molar-refractivity contribution is 6.35. The number of benzene rings is 1. The van der Waals surface area contributed by atoms with E-state index in [1.54, 1.807) is 30.5 Å². The maximum atomic E-state index is 11.9. The quantitative estimate of drug-likeness (QED) is 0.869. The van der Waals surface area contributed by atoms with Crippen LogP contribution in [0.5, 0.6) is 5.75 Å². The van der Waals surface area contributed by atoms with Crippen LogP contribution in [-0.4, -0.2) is 30.6 Å². The van der Waals surface area contributed by atoms with E-state index in [4.69, 9.17) is 27.9 Å². The molecule has 1 aromatic carbocycles. The van der Waals surface area contributed by atoms with Gasteiger partial charge in [0.1, 0.15) is 11.6 Å². The molecule has 0 unspecified atom stereocenters. The van der Waals surface area contributed by atoms with Gasteiger partial charge in [0.25, 0.3) is 5.91 Å². The molecule has 3 rings (SSSR count). The Balaban J connectivity index is 1.52. The first-order chi connectivity index (χ1) is 11.6. The topological polar surface area (TPSA) is 54.5 Å². The fraction of sp³-hybridized carbons (Fsp3) is 0.294. The van der Waals surface area contributed by atoms with Crippen LogP contribution in [0.4, 0.5) is 11.5 Å². The zero-order valence-corrected chi connectivity index (χ0v) is 14.5. The molecule has 2 heterocycles. The van der Waals surface area contributed by atoms with E-state index in [-0.39, 0.29) is 12.5 Å². The minimum atomic E-state index is -0.303. The maximum absolute atomic E-state index is 11.9. The van der Waals surface area contributed by atoms with Gasteiger partial charge >= 0.3 is 0 Å². The molecule has 1 aliphatic heterocycles. The van der Waals surface area contributed by atoms with Crippen molar-refractivity contribution in [2.24, 2.45) is 0 Å². The molecule has 1 fully saturated rings. The predicted molar refractivity (Wildman–Crippen MR) is 96.3 cm³/mol. The first kappa shape index (κ1) is 16.9. The number of hydrogen-bond acceptors (Lipinski definition) is 4. The molecule has 126 valence electrons. The van der Waals surface area contributed by atoms with Gasteiger partial charge in [-0.3, -0.25) is 4.79 Å². The van der Waals surface area contributed by atoms with Crippen molar-refractivity contribution in [2.45, 2.75) is 12.8 Å². The second-order valence-electron chi connectivity index (χ2n) is 5.51. The lowest BCUT2D eigenvalue weighted by atomic mass is 10.3. The summed E-state index contributed by atoms with van der Waals surface area (Å²) in [5, 5.41) is 3.58. The number of aromatic nitrogens is 1. The first-order valence-electron chi connectivity index (χ1n) is 7.70. The molecular weight excluding hydrogens is 349 g/mol. The van der Waals surface area contributed by atoms with Gasteiger partial charge in [0.15, 0.2) is 6.61 Å². The van der Waals surface area contributed by atoms with E-state index in [2.05, 4.69) is 15.2 Å². The smallest absolute Gasteiger partial charge is 0.263 e. The van der Waals surface area contributed by atoms with Gasteiger partial charge in [-0.1, -0.05) is 23.2 Å². The van der Waals surface area contributed by atoms with E-state index in [0.29, 0.717) is 21.6 Å². The van der Waals surface area contributed by atoms with Gasteiger partial charge < -0.3 is 15.0 Å². The molecule has 24 heavy (non-hydrogen) atoms. The van der Waals surface area contributed by atoms with Crippen LogP contribution >= 0.6 is 23.2 Å². The van der Waals surface area contributed by atoms with Crippen molar-refractivity contribution in [2.75, 3.05) is 29.9 Å². The number of anilines is 2. The van der Waals surface area contributed by atoms with Gasteiger partial charge in [0.2, 0.25) is 0 Å². The van der Waals surface area contributed by atoms with Crippen LogP contribution in [0.3, 0.4) is 0 Å². The second-order valence-corrected chi connectivity index (χ2v) is 6.35. The number of nitrogens with zero attached hydrogens (tertiary/aromatic N) is 2. The fourth-order valence-corrected chi connectivity index (χ4v) is 3.00. The summed E-state index contributed by atoms with van der Waals surface area (Å²) in [6, 6.07) is 8.60. The van der Waals surface area contributed by atoms with Crippen LogP contribution in [0.15, 0.2) is 36.5 Å². The minimum Gasteiger partial charge on any atom is -0.482 e. The largest absolute Gasteiger partial charge is 0.482 e. The van der Waals surface area contributed by atoms with Gasteiger partial charge in [0.05, 0.1) is 16.9 Å². The molecule has 1 aromatic heterocycles. The van der Waals surface area contributed by atoms with Gasteiger partial charge in [-0.05, 0) is 43.2 Å². The Morgan fingerprint density at radius 1 is 1.21 bits per heavy atom. The Morgan fingerprint density at radius 3 is 2.67 bits per heavy atom. The van der Waals surface area contributed by atoms with Crippen molar-refractivity contribution >= 4 is 40.6 Å². The van der Waals surface area contributed by atoms with E-state index in [1.165, 1.54) is 12.8 Å². The molecule has 5 nitrogen and oxygen atoms in total. The second kappa shape index (κ2) is 7.73. The van der Waals surface area contributed by atoms with Crippen LogP contribution in [0, 0.1) is 0 Å². The maximum Gasteiger partial charge on any atom is 0.263 e. The number of carbonyl (C=O) groups excluding carboxylic acids is 1. The zero-order chi connectivity index (χ0) is 16.9. The summed E-state index contributed by atoms with van der Waals surface area (Å²) in [7, 11) is 0. The lowest BCUT2D eigenvalue weighted by Crippen LogP contribution is -2.21. The number of carbonyl (C=O) groups is 1. The van der Waals surface area contributed by atoms with Crippen LogP contribution < -0.4 is 15.0 Å². The van der Waals surface area contributed by atoms with Gasteiger partial charge in [-0.25, -0.2) is 4.98 Å². The monoisotopic (exact) mass is 365 g/mol. The summed E-state index contributed by atoms with van der Waals surface area (Å²) in [5.74, 6) is 0.602. The highest BCUT2D eigenvalue weighted by atomic mass is 35.5. The van der Waals surface area contributed by atoms with Gasteiger partial charge in [0, 0.05) is 18.1 Å². The standard InChI is InChI=1S/C17H17Cl2N3O2/c18-12-3-5-15(14(19)9-12)24-11-17(23)21-16-6-4-13(10-20-16)22-7-1-2-8-22/h3-6,9-10H,1-2,7-8,11H2,(H,20,21,23). The molecule has 0 spiro atoms. The molecule has 2 aromatic rings. The molecule has 0 atom stereocenters. The van der Waals surface area contributed by atoms with Crippen LogP contribution in [-0.2, 0) is 4.79 Å². The number of ether oxygens (including phenoxy) is 1. The van der Waals surface area contributed by atoms with E-state index >= 15 is 0 Å². The molecular formula is C17H17Cl2N3O2. The third-order valence-electron chi connectivity index (χ3n) is 3.74. The Kier molecular flexibility index (Phi) is 5.43. The lowest BCUT2D eigenvalue weighted by molar-refractivity contribution is -0.118. The summed E-state index contributed by atoms with van der Waals surface area (Å²) in [4.78, 5) is 18.5. The molecule has 1 aliphatic rings. The van der Waals surface area contributed by atoms with Crippen LogP contribution in [0.1, 0.15) is 12.8 Å². The number of pyridine rings is 1. The molecule has 0 bridgehead atoms.